The Bertz CT molecular complexity index is 2990. The van der Waals surface area contributed by atoms with E-state index in [-0.39, 0.29) is 10.8 Å². The Kier molecular flexibility index (Phi) is 6.46. The third kappa shape index (κ3) is 4.20. The Morgan fingerprint density at radius 1 is 0.278 bits per heavy atom. The molecule has 0 bridgehead atoms. The summed E-state index contributed by atoms with van der Waals surface area (Å²) in [5.41, 5.74) is 18.6. The lowest BCUT2D eigenvalue weighted by Crippen LogP contribution is -2.14. The van der Waals surface area contributed by atoms with Gasteiger partial charge in [0.1, 0.15) is 0 Å². The zero-order chi connectivity index (χ0) is 36.3. The average molecular weight is 689 g/mol. The van der Waals surface area contributed by atoms with Crippen molar-refractivity contribution < 1.29 is 0 Å². The van der Waals surface area contributed by atoms with Crippen molar-refractivity contribution in [3.63, 3.8) is 0 Å². The van der Waals surface area contributed by atoms with Crippen LogP contribution < -0.4 is 0 Å². The van der Waals surface area contributed by atoms with E-state index in [2.05, 4.69) is 198 Å². The second-order valence-electron chi connectivity index (χ2n) is 16.4. The number of hydrogen-bond acceptors (Lipinski definition) is 0. The van der Waals surface area contributed by atoms with Crippen molar-refractivity contribution in [3.8, 4) is 55.6 Å². The van der Waals surface area contributed by atoms with E-state index in [4.69, 9.17) is 0 Å². The van der Waals surface area contributed by atoms with Gasteiger partial charge >= 0.3 is 0 Å². The normalized spacial score (nSPS) is 14.6. The number of benzene rings is 9. The van der Waals surface area contributed by atoms with Gasteiger partial charge in [-0.25, -0.2) is 0 Å². The molecule has 0 saturated carbocycles. The van der Waals surface area contributed by atoms with Gasteiger partial charge in [0.2, 0.25) is 0 Å². The van der Waals surface area contributed by atoms with Gasteiger partial charge in [-0.2, -0.15) is 0 Å². The first-order chi connectivity index (χ1) is 26.3. The minimum atomic E-state index is -0.0832. The van der Waals surface area contributed by atoms with Crippen LogP contribution in [0.2, 0.25) is 0 Å². The van der Waals surface area contributed by atoms with Crippen LogP contribution in [0.5, 0.6) is 0 Å². The maximum absolute atomic E-state index is 2.48. The highest BCUT2D eigenvalue weighted by Gasteiger charge is 2.38. The number of fused-ring (bicyclic) bond motifs is 10. The van der Waals surface area contributed by atoms with Crippen molar-refractivity contribution in [2.24, 2.45) is 0 Å². The Morgan fingerprint density at radius 3 is 1.50 bits per heavy atom. The van der Waals surface area contributed by atoms with E-state index in [1.807, 2.05) is 0 Å². The van der Waals surface area contributed by atoms with Gasteiger partial charge in [0.25, 0.3) is 0 Å². The third-order valence-electron chi connectivity index (χ3n) is 12.9. The molecule has 0 heteroatoms. The van der Waals surface area contributed by atoms with Crippen molar-refractivity contribution in [1.82, 2.24) is 0 Å². The summed E-state index contributed by atoms with van der Waals surface area (Å²) in [5, 5.41) is 7.75. The molecular weight excluding hydrogens is 649 g/mol. The lowest BCUT2D eigenvalue weighted by Gasteiger charge is -2.23. The summed E-state index contributed by atoms with van der Waals surface area (Å²) in [4.78, 5) is 0. The first-order valence-corrected chi connectivity index (χ1v) is 19.3. The predicted molar refractivity (Wildman–Crippen MR) is 230 cm³/mol. The van der Waals surface area contributed by atoms with Crippen LogP contribution in [0.3, 0.4) is 0 Å². The summed E-state index contributed by atoms with van der Waals surface area (Å²) in [7, 11) is 0. The third-order valence-corrected chi connectivity index (χ3v) is 12.9. The van der Waals surface area contributed by atoms with Crippen LogP contribution in [-0.2, 0) is 10.8 Å². The van der Waals surface area contributed by atoms with E-state index >= 15 is 0 Å². The molecule has 9 aromatic carbocycles. The van der Waals surface area contributed by atoms with Crippen molar-refractivity contribution in [3.05, 3.63) is 192 Å². The van der Waals surface area contributed by atoms with Gasteiger partial charge in [-0.05, 0) is 122 Å². The molecule has 0 unspecified atom stereocenters. The van der Waals surface area contributed by atoms with E-state index in [9.17, 15) is 0 Å². The van der Waals surface area contributed by atoms with Crippen LogP contribution in [-0.4, -0.2) is 0 Å². The molecule has 0 saturated heterocycles. The van der Waals surface area contributed by atoms with Gasteiger partial charge in [-0.15, -0.1) is 0 Å². The summed E-state index contributed by atoms with van der Waals surface area (Å²) in [6.07, 6.45) is 0. The fourth-order valence-corrected chi connectivity index (χ4v) is 10.2. The molecule has 0 amide bonds. The van der Waals surface area contributed by atoms with Crippen LogP contribution in [0.25, 0.3) is 88.0 Å². The first kappa shape index (κ1) is 31.3. The second kappa shape index (κ2) is 11.1. The van der Waals surface area contributed by atoms with Gasteiger partial charge in [-0.1, -0.05) is 185 Å². The van der Waals surface area contributed by atoms with Gasteiger partial charge < -0.3 is 0 Å². The summed E-state index contributed by atoms with van der Waals surface area (Å²) < 4.78 is 0. The maximum Gasteiger partial charge on any atom is 0.0159 e. The molecule has 0 N–H and O–H groups in total. The average Bonchev–Trinajstić information content (AvgIpc) is 3.59. The number of rotatable bonds is 3. The maximum atomic E-state index is 2.48. The highest BCUT2D eigenvalue weighted by atomic mass is 14.4. The lowest BCUT2D eigenvalue weighted by molar-refractivity contribution is 0.660. The fourth-order valence-electron chi connectivity index (χ4n) is 10.2. The molecule has 0 aliphatic heterocycles. The molecule has 0 spiro atoms. The smallest absolute Gasteiger partial charge is 0.0159 e. The molecule has 0 aromatic heterocycles. The summed E-state index contributed by atoms with van der Waals surface area (Å²) in [6, 6.07) is 64.0. The molecular formula is C54H40. The molecule has 2 aliphatic carbocycles. The summed E-state index contributed by atoms with van der Waals surface area (Å²) in [6.45, 7) is 9.51. The lowest BCUT2D eigenvalue weighted by atomic mass is 9.80. The zero-order valence-electron chi connectivity index (χ0n) is 31.2. The molecule has 54 heavy (non-hydrogen) atoms. The highest BCUT2D eigenvalue weighted by Crippen LogP contribution is 2.55. The minimum Gasteiger partial charge on any atom is -0.0619 e. The molecule has 9 aromatic rings. The van der Waals surface area contributed by atoms with Crippen LogP contribution in [0, 0.1) is 0 Å². The van der Waals surface area contributed by atoms with Crippen molar-refractivity contribution in [2.75, 3.05) is 0 Å². The van der Waals surface area contributed by atoms with Crippen LogP contribution in [0.15, 0.2) is 170 Å². The highest BCUT2D eigenvalue weighted by molar-refractivity contribution is 6.21. The second-order valence-corrected chi connectivity index (χ2v) is 16.4. The van der Waals surface area contributed by atoms with Gasteiger partial charge in [-0.3, -0.25) is 0 Å². The minimum absolute atomic E-state index is 0.0620. The molecule has 0 fully saturated rings. The summed E-state index contributed by atoms with van der Waals surface area (Å²) >= 11 is 0. The van der Waals surface area contributed by atoms with Gasteiger partial charge in [0.15, 0.2) is 0 Å². The number of hydrogen-bond donors (Lipinski definition) is 0. The van der Waals surface area contributed by atoms with Crippen LogP contribution in [0.1, 0.15) is 49.9 Å². The Morgan fingerprint density at radius 2 is 0.778 bits per heavy atom. The zero-order valence-corrected chi connectivity index (χ0v) is 31.2. The summed E-state index contributed by atoms with van der Waals surface area (Å²) in [5.74, 6) is 0. The SMILES string of the molecule is CC1(C)c2ccccc2-c2ccc(-c3c4ccccc4c(-c4cccc(-c5cccc6c5-c5c(ccc7ccccc57)C6(C)C)c4)c4ccccc34)cc21. The van der Waals surface area contributed by atoms with Gasteiger partial charge in [0.05, 0.1) is 0 Å². The Hall–Kier alpha value is -6.24. The predicted octanol–water partition coefficient (Wildman–Crippen LogP) is 14.8. The van der Waals surface area contributed by atoms with Crippen molar-refractivity contribution in [2.45, 2.75) is 38.5 Å². The topological polar surface area (TPSA) is 0 Å². The largest absolute Gasteiger partial charge is 0.0619 e. The fraction of sp³-hybridized carbons (Fsp3) is 0.111. The van der Waals surface area contributed by atoms with Crippen molar-refractivity contribution in [1.29, 1.82) is 0 Å². The van der Waals surface area contributed by atoms with E-state index < -0.39 is 0 Å². The van der Waals surface area contributed by atoms with Crippen molar-refractivity contribution >= 4 is 32.3 Å². The van der Waals surface area contributed by atoms with E-state index in [0.717, 1.165) is 0 Å². The van der Waals surface area contributed by atoms with E-state index in [1.165, 1.54) is 110 Å². The van der Waals surface area contributed by atoms with E-state index in [0.29, 0.717) is 0 Å². The molecule has 0 heterocycles. The molecule has 256 valence electrons. The van der Waals surface area contributed by atoms with Crippen LogP contribution >= 0.6 is 0 Å². The molecule has 0 nitrogen and oxygen atoms in total. The Labute approximate surface area is 317 Å². The first-order valence-electron chi connectivity index (χ1n) is 19.3. The molecule has 2 aliphatic rings. The monoisotopic (exact) mass is 688 g/mol. The van der Waals surface area contributed by atoms with E-state index in [1.54, 1.807) is 0 Å². The van der Waals surface area contributed by atoms with Crippen LogP contribution in [0.4, 0.5) is 0 Å². The molecule has 0 atom stereocenters. The standard InChI is InChI=1S/C54H40/c1-53(2)45-25-12-11-19-39(45)40-29-27-36(32-48(40)53)50-43-22-9-7-20-41(43)49(42-21-8-10-23-44(42)50)35-17-13-16-34(31-35)38-24-14-26-46-52(38)51-37-18-6-5-15-33(37)28-30-47(51)54(46,3)4/h5-32H,1-4H3. The van der Waals surface area contributed by atoms with Gasteiger partial charge in [0, 0.05) is 10.8 Å². The molecule has 11 rings (SSSR count). The quantitative estimate of drug-likeness (QED) is 0.162. The molecule has 0 radical (unpaired) electrons. The Balaban J connectivity index is 1.13.